The van der Waals surface area contributed by atoms with Gasteiger partial charge in [-0.25, -0.2) is 4.39 Å². The second kappa shape index (κ2) is 6.14. The van der Waals surface area contributed by atoms with E-state index in [0.717, 1.165) is 16.0 Å². The molecule has 24 heavy (non-hydrogen) atoms. The number of halogens is 1. The average molecular weight is 344 g/mol. The predicted molar refractivity (Wildman–Crippen MR) is 98.7 cm³/mol. The third kappa shape index (κ3) is 3.08. The number of thiophene rings is 1. The van der Waals surface area contributed by atoms with E-state index in [9.17, 15) is 0 Å². The monoisotopic (exact) mass is 344 g/mol. The van der Waals surface area contributed by atoms with E-state index in [1.807, 2.05) is 76.4 Å². The van der Waals surface area contributed by atoms with Crippen LogP contribution in [0.4, 0.5) is 4.39 Å². The third-order valence-electron chi connectivity index (χ3n) is 4.81. The maximum absolute atomic E-state index is 15.4. The highest BCUT2D eigenvalue weighted by molar-refractivity contribution is 7.11. The quantitative estimate of drug-likeness (QED) is 0.693. The molecule has 2 nitrogen and oxygen atoms in total. The van der Waals surface area contributed by atoms with Gasteiger partial charge in [0.05, 0.1) is 11.2 Å². The summed E-state index contributed by atoms with van der Waals surface area (Å²) in [5, 5.41) is 1.95. The lowest BCUT2D eigenvalue weighted by atomic mass is 9.82. The Kier molecular flexibility index (Phi) is 4.45. The highest BCUT2D eigenvalue weighted by Gasteiger charge is 2.53. The molecule has 1 aliphatic rings. The summed E-state index contributed by atoms with van der Waals surface area (Å²) in [4.78, 5) is 0.867. The highest BCUT2D eigenvalue weighted by Crippen LogP contribution is 2.41. The van der Waals surface area contributed by atoms with Crippen molar-refractivity contribution in [3.05, 3.63) is 63.5 Å². The molecule has 5 heteroatoms. The van der Waals surface area contributed by atoms with Crippen LogP contribution in [0.1, 0.15) is 43.7 Å². The van der Waals surface area contributed by atoms with Gasteiger partial charge in [0.25, 0.3) is 0 Å². The maximum atomic E-state index is 15.4. The van der Waals surface area contributed by atoms with E-state index in [0.29, 0.717) is 5.57 Å². The first-order chi connectivity index (χ1) is 11.2. The smallest absolute Gasteiger partial charge is 0.398 e. The SMILES string of the molecule is Cc1ccc(C(=C(F)B2OC(C)(C)C(C)(C)O2)c2cccs2)cc1. The summed E-state index contributed by atoms with van der Waals surface area (Å²) in [7, 11) is -0.992. The molecule has 0 atom stereocenters. The van der Waals surface area contributed by atoms with E-state index < -0.39 is 18.3 Å². The second-order valence-electron chi connectivity index (χ2n) is 7.15. The van der Waals surface area contributed by atoms with E-state index in [1.54, 1.807) is 0 Å². The first-order valence-electron chi connectivity index (χ1n) is 8.07. The van der Waals surface area contributed by atoms with Crippen LogP contribution in [0.2, 0.25) is 0 Å². The Bertz CT molecular complexity index is 732. The van der Waals surface area contributed by atoms with Crippen LogP contribution in [0.15, 0.2) is 47.5 Å². The molecule has 0 spiro atoms. The van der Waals surface area contributed by atoms with Crippen LogP contribution in [-0.2, 0) is 9.31 Å². The number of hydrogen-bond donors (Lipinski definition) is 0. The molecule has 1 aromatic carbocycles. The van der Waals surface area contributed by atoms with Gasteiger partial charge < -0.3 is 9.31 Å². The minimum absolute atomic E-state index is 0.375. The van der Waals surface area contributed by atoms with Crippen molar-refractivity contribution in [1.82, 2.24) is 0 Å². The van der Waals surface area contributed by atoms with Gasteiger partial charge in [0.15, 0.2) is 0 Å². The van der Waals surface area contributed by atoms with E-state index in [-0.39, 0.29) is 5.73 Å². The Morgan fingerprint density at radius 2 is 1.58 bits per heavy atom. The molecule has 126 valence electrons. The van der Waals surface area contributed by atoms with Gasteiger partial charge in [0.1, 0.15) is 5.73 Å². The number of rotatable bonds is 3. The molecule has 0 unspecified atom stereocenters. The standard InChI is InChI=1S/C19H22BFO2S/c1-13-8-10-14(11-9-13)16(15-7-6-12-24-15)17(21)20-22-18(2,3)19(4,5)23-20/h6-12H,1-5H3. The largest absolute Gasteiger partial charge is 0.525 e. The molecule has 1 saturated heterocycles. The molecular weight excluding hydrogens is 322 g/mol. The molecule has 1 aromatic heterocycles. The zero-order valence-corrected chi connectivity index (χ0v) is 15.5. The minimum Gasteiger partial charge on any atom is -0.398 e. The summed E-state index contributed by atoms with van der Waals surface area (Å²) in [5.41, 5.74) is 1.00. The first kappa shape index (κ1) is 17.4. The summed E-state index contributed by atoms with van der Waals surface area (Å²) in [6.45, 7) is 9.73. The van der Waals surface area contributed by atoms with Crippen LogP contribution in [0, 0.1) is 6.92 Å². The van der Waals surface area contributed by atoms with Crippen molar-refractivity contribution in [2.45, 2.75) is 45.8 Å². The fourth-order valence-corrected chi connectivity index (χ4v) is 3.40. The zero-order chi connectivity index (χ0) is 17.5. The molecule has 1 fully saturated rings. The van der Waals surface area contributed by atoms with Crippen LogP contribution in [0.3, 0.4) is 0 Å². The highest BCUT2D eigenvalue weighted by atomic mass is 32.1. The van der Waals surface area contributed by atoms with Gasteiger partial charge in [-0.15, -0.1) is 11.3 Å². The van der Waals surface area contributed by atoms with Gasteiger partial charge in [0.2, 0.25) is 0 Å². The predicted octanol–water partition coefficient (Wildman–Crippen LogP) is 5.42. The Balaban J connectivity index is 2.08. The van der Waals surface area contributed by atoms with Crippen LogP contribution >= 0.6 is 11.3 Å². The molecule has 2 aromatic rings. The second-order valence-corrected chi connectivity index (χ2v) is 8.10. The van der Waals surface area contributed by atoms with Crippen molar-refractivity contribution in [2.75, 3.05) is 0 Å². The van der Waals surface area contributed by atoms with Crippen LogP contribution in [0.25, 0.3) is 5.57 Å². The molecule has 0 N–H and O–H groups in total. The van der Waals surface area contributed by atoms with Gasteiger partial charge >= 0.3 is 7.12 Å². The third-order valence-corrected chi connectivity index (χ3v) is 5.69. The molecule has 1 aliphatic heterocycles. The van der Waals surface area contributed by atoms with Crippen molar-refractivity contribution in [3.8, 4) is 0 Å². The molecular formula is C19H22BFO2S. The summed E-state index contributed by atoms with van der Waals surface area (Å²) in [5.74, 6) is 0. The van der Waals surface area contributed by atoms with Gasteiger partial charge in [-0.3, -0.25) is 0 Å². The van der Waals surface area contributed by atoms with Crippen LogP contribution in [-0.4, -0.2) is 18.3 Å². The summed E-state index contributed by atoms with van der Waals surface area (Å²) < 4.78 is 27.2. The molecule has 0 radical (unpaired) electrons. The summed E-state index contributed by atoms with van der Waals surface area (Å²) in [6.07, 6.45) is 0. The van der Waals surface area contributed by atoms with Gasteiger partial charge in [-0.05, 0) is 51.6 Å². The normalized spacial score (nSPS) is 20.2. The lowest BCUT2D eigenvalue weighted by Crippen LogP contribution is -2.41. The fourth-order valence-electron chi connectivity index (χ4n) is 2.60. The minimum atomic E-state index is -0.992. The zero-order valence-electron chi connectivity index (χ0n) is 14.7. The Hall–Kier alpha value is -1.43. The van der Waals surface area contributed by atoms with Crippen LogP contribution in [0.5, 0.6) is 0 Å². The molecule has 0 bridgehead atoms. The lowest BCUT2D eigenvalue weighted by molar-refractivity contribution is 0.00578. The number of hydrogen-bond acceptors (Lipinski definition) is 3. The van der Waals surface area contributed by atoms with Gasteiger partial charge in [-0.2, -0.15) is 0 Å². The van der Waals surface area contributed by atoms with Gasteiger partial charge in [-0.1, -0.05) is 35.9 Å². The van der Waals surface area contributed by atoms with E-state index >= 15 is 4.39 Å². The molecule has 0 saturated carbocycles. The van der Waals surface area contributed by atoms with E-state index in [1.165, 1.54) is 11.3 Å². The van der Waals surface area contributed by atoms with Crippen molar-refractivity contribution in [1.29, 1.82) is 0 Å². The Morgan fingerprint density at radius 1 is 1.00 bits per heavy atom. The average Bonchev–Trinajstić information content (AvgIpc) is 3.08. The van der Waals surface area contributed by atoms with Crippen molar-refractivity contribution < 1.29 is 13.7 Å². The Morgan fingerprint density at radius 3 is 2.08 bits per heavy atom. The van der Waals surface area contributed by atoms with Gasteiger partial charge in [0, 0.05) is 10.5 Å². The maximum Gasteiger partial charge on any atom is 0.525 e. The first-order valence-corrected chi connectivity index (χ1v) is 8.95. The van der Waals surface area contributed by atoms with Crippen LogP contribution < -0.4 is 0 Å². The topological polar surface area (TPSA) is 18.5 Å². The Labute approximate surface area is 147 Å². The van der Waals surface area contributed by atoms with Crippen molar-refractivity contribution >= 4 is 24.0 Å². The van der Waals surface area contributed by atoms with Crippen molar-refractivity contribution in [3.63, 3.8) is 0 Å². The summed E-state index contributed by atoms with van der Waals surface area (Å²) in [6, 6.07) is 11.7. The lowest BCUT2D eigenvalue weighted by Gasteiger charge is -2.32. The summed E-state index contributed by atoms with van der Waals surface area (Å²) >= 11 is 1.51. The van der Waals surface area contributed by atoms with E-state index in [4.69, 9.17) is 9.31 Å². The van der Waals surface area contributed by atoms with E-state index in [2.05, 4.69) is 0 Å². The molecule has 0 aliphatic carbocycles. The molecule has 2 heterocycles. The molecule has 0 amide bonds. The molecule has 3 rings (SSSR count). The number of aryl methyl sites for hydroxylation is 1. The number of benzene rings is 1. The van der Waals surface area contributed by atoms with Crippen molar-refractivity contribution in [2.24, 2.45) is 0 Å². The fraction of sp³-hybridized carbons (Fsp3) is 0.368.